The standard InChI is InChI=1S/C21H28N4S/c1-25-7-2-3-15-9-17(11-21(15)25)24-12-20(23)18-10-14(4-5-19(18)22)16-6-8-26-13-16/h4-6,8,10,13,15,17,21,23-24H,2-3,7,9,11-12,22H2,1H3. The second-order valence-corrected chi connectivity index (χ2v) is 8.57. The molecule has 4 rings (SSSR count). The topological polar surface area (TPSA) is 65.1 Å². The zero-order valence-corrected chi connectivity index (χ0v) is 16.2. The number of piperidine rings is 1. The molecular formula is C21H28N4S. The van der Waals surface area contributed by atoms with Gasteiger partial charge in [-0.25, -0.2) is 0 Å². The maximum Gasteiger partial charge on any atom is 0.0545 e. The minimum Gasteiger partial charge on any atom is -0.398 e. The molecule has 1 saturated heterocycles. The van der Waals surface area contributed by atoms with Gasteiger partial charge in [-0.1, -0.05) is 6.07 Å². The van der Waals surface area contributed by atoms with Gasteiger partial charge < -0.3 is 21.4 Å². The third kappa shape index (κ3) is 3.56. The molecule has 2 aromatic rings. The number of fused-ring (bicyclic) bond motifs is 1. The van der Waals surface area contributed by atoms with Gasteiger partial charge in [0.25, 0.3) is 0 Å². The maximum absolute atomic E-state index is 8.55. The molecule has 138 valence electrons. The third-order valence-corrected chi connectivity index (χ3v) is 6.79. The third-order valence-electron chi connectivity index (χ3n) is 6.11. The van der Waals surface area contributed by atoms with E-state index >= 15 is 0 Å². The summed E-state index contributed by atoms with van der Waals surface area (Å²) in [5, 5.41) is 16.4. The zero-order valence-electron chi connectivity index (χ0n) is 15.4. The van der Waals surface area contributed by atoms with Crippen molar-refractivity contribution in [1.82, 2.24) is 10.2 Å². The maximum atomic E-state index is 8.55. The molecular weight excluding hydrogens is 340 g/mol. The summed E-state index contributed by atoms with van der Waals surface area (Å²) >= 11 is 1.69. The Balaban J connectivity index is 1.40. The van der Waals surface area contributed by atoms with E-state index in [9.17, 15) is 0 Å². The molecule has 2 aliphatic rings. The van der Waals surface area contributed by atoms with Gasteiger partial charge >= 0.3 is 0 Å². The van der Waals surface area contributed by atoms with Crippen LogP contribution in [0.25, 0.3) is 11.1 Å². The summed E-state index contributed by atoms with van der Waals surface area (Å²) in [7, 11) is 2.26. The van der Waals surface area contributed by atoms with Gasteiger partial charge in [0.1, 0.15) is 0 Å². The number of hydrogen-bond donors (Lipinski definition) is 3. The van der Waals surface area contributed by atoms with Gasteiger partial charge in [0.05, 0.1) is 5.71 Å². The van der Waals surface area contributed by atoms with E-state index in [1.54, 1.807) is 11.3 Å². The molecule has 2 heterocycles. The number of thiophene rings is 1. The minimum absolute atomic E-state index is 0.521. The lowest BCUT2D eigenvalue weighted by Gasteiger charge is -2.34. The molecule has 3 unspecified atom stereocenters. The number of hydrogen-bond acceptors (Lipinski definition) is 5. The molecule has 5 heteroatoms. The number of nitrogens with zero attached hydrogens (tertiary/aromatic N) is 1. The quantitative estimate of drug-likeness (QED) is 0.555. The van der Waals surface area contributed by atoms with E-state index in [0.717, 1.165) is 23.1 Å². The molecule has 3 atom stereocenters. The van der Waals surface area contributed by atoms with E-state index in [-0.39, 0.29) is 0 Å². The number of nitrogens with two attached hydrogens (primary N) is 1. The summed E-state index contributed by atoms with van der Waals surface area (Å²) in [5.74, 6) is 0.826. The number of rotatable bonds is 5. The highest BCUT2D eigenvalue weighted by Gasteiger charge is 2.38. The number of likely N-dealkylation sites (tertiary alicyclic amines) is 1. The Kier molecular flexibility index (Phi) is 5.11. The van der Waals surface area contributed by atoms with Gasteiger partial charge in [-0.05, 0) is 85.3 Å². The number of benzene rings is 1. The van der Waals surface area contributed by atoms with Crippen LogP contribution in [0.15, 0.2) is 35.0 Å². The van der Waals surface area contributed by atoms with Crippen LogP contribution in [-0.2, 0) is 0 Å². The Bertz CT molecular complexity index is 770. The number of anilines is 1. The van der Waals surface area contributed by atoms with E-state index in [1.165, 1.54) is 37.8 Å². The van der Waals surface area contributed by atoms with Crippen LogP contribution >= 0.6 is 11.3 Å². The Labute approximate surface area is 159 Å². The average Bonchev–Trinajstić information content (AvgIpc) is 3.30. The molecule has 4 N–H and O–H groups in total. The highest BCUT2D eigenvalue weighted by Crippen LogP contribution is 2.36. The van der Waals surface area contributed by atoms with Crippen LogP contribution in [0.4, 0.5) is 5.69 Å². The fourth-order valence-electron chi connectivity index (χ4n) is 4.66. The Hall–Kier alpha value is -1.69. The Morgan fingerprint density at radius 3 is 2.96 bits per heavy atom. The largest absolute Gasteiger partial charge is 0.398 e. The van der Waals surface area contributed by atoms with Gasteiger partial charge in [0.15, 0.2) is 0 Å². The van der Waals surface area contributed by atoms with E-state index in [1.807, 2.05) is 12.1 Å². The van der Waals surface area contributed by atoms with Crippen molar-refractivity contribution in [3.8, 4) is 11.1 Å². The smallest absolute Gasteiger partial charge is 0.0545 e. The van der Waals surface area contributed by atoms with E-state index in [0.29, 0.717) is 24.0 Å². The second-order valence-electron chi connectivity index (χ2n) is 7.79. The lowest BCUT2D eigenvalue weighted by Crippen LogP contribution is -2.40. The summed E-state index contributed by atoms with van der Waals surface area (Å²) in [6.07, 6.45) is 5.14. The first-order valence-corrected chi connectivity index (χ1v) is 10.5. The van der Waals surface area contributed by atoms with Crippen LogP contribution in [0.5, 0.6) is 0 Å². The van der Waals surface area contributed by atoms with Crippen LogP contribution in [0.3, 0.4) is 0 Å². The molecule has 26 heavy (non-hydrogen) atoms. The fraction of sp³-hybridized carbons (Fsp3) is 0.476. The predicted octanol–water partition coefficient (Wildman–Crippen LogP) is 3.83. The molecule has 2 fully saturated rings. The van der Waals surface area contributed by atoms with Crippen LogP contribution < -0.4 is 11.1 Å². The first-order chi connectivity index (χ1) is 12.6. The van der Waals surface area contributed by atoms with Crippen LogP contribution in [0.2, 0.25) is 0 Å². The summed E-state index contributed by atoms with van der Waals surface area (Å²) in [5.41, 5.74) is 10.6. The lowest BCUT2D eigenvalue weighted by atomic mass is 9.92. The number of nitrogen functional groups attached to an aromatic ring is 1. The summed E-state index contributed by atoms with van der Waals surface area (Å²) in [6, 6.07) is 9.38. The molecule has 0 radical (unpaired) electrons. The summed E-state index contributed by atoms with van der Waals surface area (Å²) < 4.78 is 0. The molecule has 0 spiro atoms. The normalized spacial score (nSPS) is 26.0. The zero-order chi connectivity index (χ0) is 18.1. The first kappa shape index (κ1) is 17.7. The van der Waals surface area contributed by atoms with E-state index in [2.05, 4.69) is 40.2 Å². The Morgan fingerprint density at radius 1 is 1.31 bits per heavy atom. The van der Waals surface area contributed by atoms with Gasteiger partial charge in [-0.3, -0.25) is 0 Å². The SMILES string of the molecule is CN1CCCC2CC(NCC(=N)c3cc(-c4ccsc4)ccc3N)CC21. The van der Waals surface area contributed by atoms with Crippen molar-refractivity contribution in [2.75, 3.05) is 25.9 Å². The van der Waals surface area contributed by atoms with E-state index < -0.39 is 0 Å². The van der Waals surface area contributed by atoms with E-state index in [4.69, 9.17) is 11.1 Å². The summed E-state index contributed by atoms with van der Waals surface area (Å²) in [6.45, 7) is 1.82. The second kappa shape index (κ2) is 7.51. The molecule has 0 bridgehead atoms. The highest BCUT2D eigenvalue weighted by atomic mass is 32.1. The van der Waals surface area contributed by atoms with Gasteiger partial charge in [0, 0.05) is 29.9 Å². The minimum atomic E-state index is 0.521. The highest BCUT2D eigenvalue weighted by molar-refractivity contribution is 7.08. The van der Waals surface area contributed by atoms with Crippen molar-refractivity contribution < 1.29 is 0 Å². The molecule has 1 saturated carbocycles. The van der Waals surface area contributed by atoms with Crippen LogP contribution in [0, 0.1) is 11.3 Å². The van der Waals surface area contributed by atoms with Gasteiger partial charge in [-0.2, -0.15) is 11.3 Å². The van der Waals surface area contributed by atoms with Crippen molar-refractivity contribution in [1.29, 1.82) is 5.41 Å². The van der Waals surface area contributed by atoms with Gasteiger partial charge in [-0.15, -0.1) is 0 Å². The van der Waals surface area contributed by atoms with Gasteiger partial charge in [0.2, 0.25) is 0 Å². The average molecular weight is 369 g/mol. The van der Waals surface area contributed by atoms with Crippen molar-refractivity contribution in [2.45, 2.75) is 37.8 Å². The predicted molar refractivity (Wildman–Crippen MR) is 111 cm³/mol. The summed E-state index contributed by atoms with van der Waals surface area (Å²) in [4.78, 5) is 2.53. The molecule has 4 nitrogen and oxygen atoms in total. The van der Waals surface area contributed by atoms with Crippen LogP contribution in [0.1, 0.15) is 31.2 Å². The molecule has 1 aromatic heterocycles. The van der Waals surface area contributed by atoms with Crippen molar-refractivity contribution in [2.24, 2.45) is 5.92 Å². The first-order valence-electron chi connectivity index (χ1n) is 9.55. The molecule has 0 amide bonds. The van der Waals surface area contributed by atoms with Crippen molar-refractivity contribution >= 4 is 22.7 Å². The Morgan fingerprint density at radius 2 is 2.19 bits per heavy atom. The van der Waals surface area contributed by atoms with Crippen molar-refractivity contribution in [3.05, 3.63) is 40.6 Å². The lowest BCUT2D eigenvalue weighted by molar-refractivity contribution is 0.144. The molecule has 1 aliphatic carbocycles. The fourth-order valence-corrected chi connectivity index (χ4v) is 5.32. The van der Waals surface area contributed by atoms with Crippen LogP contribution in [-0.4, -0.2) is 42.8 Å². The van der Waals surface area contributed by atoms with Crippen molar-refractivity contribution in [3.63, 3.8) is 0 Å². The molecule has 1 aliphatic heterocycles. The monoisotopic (exact) mass is 368 g/mol. The number of nitrogens with one attached hydrogen (secondary N) is 2. The molecule has 1 aromatic carbocycles.